The molecule has 4 unspecified atom stereocenters. The number of carbonyl (C=O) groups is 2. The largest absolute Gasteiger partial charge is 0.444 e. The van der Waals surface area contributed by atoms with Gasteiger partial charge in [0.25, 0.3) is 0 Å². The van der Waals surface area contributed by atoms with Gasteiger partial charge in [-0.25, -0.2) is 4.79 Å². The van der Waals surface area contributed by atoms with Crippen molar-refractivity contribution in [2.75, 3.05) is 19.8 Å². The van der Waals surface area contributed by atoms with Crippen LogP contribution < -0.4 is 10.6 Å². The third-order valence-electron chi connectivity index (χ3n) is 6.77. The first-order valence-corrected chi connectivity index (χ1v) is 11.2. The fraction of sp³-hybridized carbons (Fsp3) is 0.909. The summed E-state index contributed by atoms with van der Waals surface area (Å²) >= 11 is 0. The van der Waals surface area contributed by atoms with Gasteiger partial charge < -0.3 is 25.2 Å². The van der Waals surface area contributed by atoms with E-state index in [1.807, 2.05) is 20.8 Å². The first-order valence-electron chi connectivity index (χ1n) is 11.2. The van der Waals surface area contributed by atoms with Crippen molar-refractivity contribution >= 4 is 12.0 Å². The predicted octanol–water partition coefficient (Wildman–Crippen LogP) is 2.75. The van der Waals surface area contributed by atoms with Crippen molar-refractivity contribution in [1.29, 1.82) is 0 Å². The number of hydrogen-bond acceptors (Lipinski definition) is 5. The van der Waals surface area contributed by atoms with Crippen molar-refractivity contribution in [2.45, 2.75) is 89.4 Å². The van der Waals surface area contributed by atoms with E-state index in [-0.39, 0.29) is 24.3 Å². The van der Waals surface area contributed by atoms with Gasteiger partial charge in [0.05, 0.1) is 5.60 Å². The molecule has 7 heteroatoms. The zero-order valence-electron chi connectivity index (χ0n) is 18.2. The molecular formula is C22H38N2O5. The zero-order valence-corrected chi connectivity index (χ0v) is 18.2. The number of nitrogens with one attached hydrogen (secondary N) is 2. The highest BCUT2D eigenvalue weighted by atomic mass is 16.6. The summed E-state index contributed by atoms with van der Waals surface area (Å²) in [6.07, 6.45) is 6.33. The summed E-state index contributed by atoms with van der Waals surface area (Å²) in [5, 5.41) is 16.7. The van der Waals surface area contributed by atoms with Gasteiger partial charge in [-0.3, -0.25) is 4.79 Å². The number of carbonyl (C=O) groups excluding carboxylic acids is 2. The molecule has 2 bridgehead atoms. The van der Waals surface area contributed by atoms with E-state index < -0.39 is 17.3 Å². The lowest BCUT2D eigenvalue weighted by atomic mass is 9.82. The molecule has 7 nitrogen and oxygen atoms in total. The lowest BCUT2D eigenvalue weighted by Crippen LogP contribution is -2.47. The van der Waals surface area contributed by atoms with Crippen molar-refractivity contribution in [3.63, 3.8) is 0 Å². The van der Waals surface area contributed by atoms with Gasteiger partial charge in [0, 0.05) is 32.2 Å². The zero-order chi connectivity index (χ0) is 21.1. The maximum absolute atomic E-state index is 12.6. The van der Waals surface area contributed by atoms with Crippen LogP contribution in [0.5, 0.6) is 0 Å². The normalized spacial score (nSPS) is 30.8. The van der Waals surface area contributed by atoms with Gasteiger partial charge in [0.1, 0.15) is 5.60 Å². The van der Waals surface area contributed by atoms with Crippen LogP contribution in [0.1, 0.15) is 72.1 Å². The SMILES string of the molecule is CC(C)(C)OC(=O)NC(CC(=O)NCCC1(O)CC2CCC1C2)C1CCOCC1. The van der Waals surface area contributed by atoms with E-state index in [9.17, 15) is 14.7 Å². The van der Waals surface area contributed by atoms with Crippen LogP contribution in [0.2, 0.25) is 0 Å². The molecule has 3 rings (SSSR count). The molecule has 1 aliphatic heterocycles. The molecule has 3 fully saturated rings. The van der Waals surface area contributed by atoms with Crippen LogP contribution in [-0.2, 0) is 14.3 Å². The second-order valence-electron chi connectivity index (χ2n) is 10.2. The van der Waals surface area contributed by atoms with Gasteiger partial charge in [-0.2, -0.15) is 0 Å². The van der Waals surface area contributed by atoms with Gasteiger partial charge in [-0.15, -0.1) is 0 Å². The maximum Gasteiger partial charge on any atom is 0.407 e. The highest BCUT2D eigenvalue weighted by Gasteiger charge is 2.49. The summed E-state index contributed by atoms with van der Waals surface area (Å²) < 4.78 is 10.8. The van der Waals surface area contributed by atoms with Crippen LogP contribution in [0.15, 0.2) is 0 Å². The Morgan fingerprint density at radius 1 is 1.21 bits per heavy atom. The predicted molar refractivity (Wildman–Crippen MR) is 109 cm³/mol. The van der Waals surface area contributed by atoms with Gasteiger partial charge in [-0.1, -0.05) is 0 Å². The summed E-state index contributed by atoms with van der Waals surface area (Å²) in [7, 11) is 0. The number of fused-ring (bicyclic) bond motifs is 2. The molecule has 166 valence electrons. The van der Waals surface area contributed by atoms with Gasteiger partial charge in [-0.05, 0) is 83.5 Å². The highest BCUT2D eigenvalue weighted by molar-refractivity contribution is 5.77. The van der Waals surface area contributed by atoms with Crippen LogP contribution in [0.25, 0.3) is 0 Å². The summed E-state index contributed by atoms with van der Waals surface area (Å²) in [4.78, 5) is 24.9. The first kappa shape index (κ1) is 22.3. The molecule has 1 heterocycles. The van der Waals surface area contributed by atoms with Crippen molar-refractivity contribution in [3.05, 3.63) is 0 Å². The monoisotopic (exact) mass is 410 g/mol. The van der Waals surface area contributed by atoms with Crippen molar-refractivity contribution in [2.24, 2.45) is 17.8 Å². The van der Waals surface area contributed by atoms with E-state index in [0.717, 1.165) is 32.1 Å². The lowest BCUT2D eigenvalue weighted by molar-refractivity contribution is -0.122. The molecule has 0 aromatic rings. The molecule has 2 saturated carbocycles. The van der Waals surface area contributed by atoms with Crippen LogP contribution in [-0.4, -0.2) is 54.1 Å². The van der Waals surface area contributed by atoms with Gasteiger partial charge >= 0.3 is 6.09 Å². The second kappa shape index (κ2) is 9.21. The third-order valence-corrected chi connectivity index (χ3v) is 6.77. The molecule has 4 atom stereocenters. The number of aliphatic hydroxyl groups is 1. The van der Waals surface area contributed by atoms with Crippen LogP contribution in [0.4, 0.5) is 4.79 Å². The van der Waals surface area contributed by atoms with Gasteiger partial charge in [0.15, 0.2) is 0 Å². The Balaban J connectivity index is 1.48. The Morgan fingerprint density at radius 2 is 1.93 bits per heavy atom. The number of amides is 2. The smallest absolute Gasteiger partial charge is 0.407 e. The van der Waals surface area contributed by atoms with Crippen molar-refractivity contribution in [3.8, 4) is 0 Å². The van der Waals surface area contributed by atoms with Crippen LogP contribution in [0.3, 0.4) is 0 Å². The van der Waals surface area contributed by atoms with E-state index in [4.69, 9.17) is 9.47 Å². The molecule has 29 heavy (non-hydrogen) atoms. The minimum atomic E-state index is -0.606. The average Bonchev–Trinajstić information content (AvgIpc) is 3.21. The van der Waals surface area contributed by atoms with E-state index in [1.54, 1.807) is 0 Å². The Morgan fingerprint density at radius 3 is 2.52 bits per heavy atom. The average molecular weight is 411 g/mol. The van der Waals surface area contributed by atoms with Crippen LogP contribution in [0, 0.1) is 17.8 Å². The molecular weight excluding hydrogens is 372 g/mol. The Labute approximate surface area is 174 Å². The number of alkyl carbamates (subject to hydrolysis) is 1. The molecule has 3 N–H and O–H groups in total. The molecule has 2 aliphatic carbocycles. The Bertz CT molecular complexity index is 584. The Hall–Kier alpha value is -1.34. The van der Waals surface area contributed by atoms with E-state index >= 15 is 0 Å². The van der Waals surface area contributed by atoms with E-state index in [2.05, 4.69) is 10.6 Å². The standard InChI is InChI=1S/C22H38N2O5/c1-21(2,3)29-20(26)24-18(16-6-10-28-11-7-16)13-19(25)23-9-8-22(27)14-15-4-5-17(22)12-15/h15-18,27H,4-14H2,1-3H3,(H,23,25)(H,24,26). The van der Waals surface area contributed by atoms with Gasteiger partial charge in [0.2, 0.25) is 5.91 Å². The second-order valence-corrected chi connectivity index (χ2v) is 10.2. The minimum Gasteiger partial charge on any atom is -0.444 e. The topological polar surface area (TPSA) is 96.9 Å². The molecule has 0 aromatic carbocycles. The number of hydrogen-bond donors (Lipinski definition) is 3. The fourth-order valence-electron chi connectivity index (χ4n) is 5.32. The van der Waals surface area contributed by atoms with Crippen LogP contribution >= 0.6 is 0 Å². The van der Waals surface area contributed by atoms with Crippen molar-refractivity contribution < 1.29 is 24.2 Å². The quantitative estimate of drug-likeness (QED) is 0.600. The lowest BCUT2D eigenvalue weighted by Gasteiger charge is -2.33. The number of rotatable bonds is 7. The first-order chi connectivity index (χ1) is 13.6. The van der Waals surface area contributed by atoms with E-state index in [0.29, 0.717) is 38.0 Å². The third kappa shape index (κ3) is 6.32. The molecule has 0 aromatic heterocycles. The summed E-state index contributed by atoms with van der Waals surface area (Å²) in [5.74, 6) is 1.16. The molecule has 1 saturated heterocycles. The molecule has 3 aliphatic rings. The summed E-state index contributed by atoms with van der Waals surface area (Å²) in [6.45, 7) is 7.24. The van der Waals surface area contributed by atoms with E-state index in [1.165, 1.54) is 6.42 Å². The highest BCUT2D eigenvalue weighted by Crippen LogP contribution is 2.51. The van der Waals surface area contributed by atoms with Crippen molar-refractivity contribution in [1.82, 2.24) is 10.6 Å². The molecule has 2 amide bonds. The molecule has 0 spiro atoms. The fourth-order valence-corrected chi connectivity index (χ4v) is 5.32. The molecule has 0 radical (unpaired) electrons. The summed E-state index contributed by atoms with van der Waals surface area (Å²) in [6, 6.07) is -0.278. The minimum absolute atomic E-state index is 0.0932. The summed E-state index contributed by atoms with van der Waals surface area (Å²) in [5.41, 5.74) is -1.19. The number of ether oxygens (including phenoxy) is 2. The Kier molecular flexibility index (Phi) is 7.10. The maximum atomic E-state index is 12.6.